The number of sulfonamides is 1. The monoisotopic (exact) mass is 401 g/mol. The Labute approximate surface area is 164 Å². The summed E-state index contributed by atoms with van der Waals surface area (Å²) in [7, 11) is -3.36. The van der Waals surface area contributed by atoms with Crippen LogP contribution in [0.25, 0.3) is 0 Å². The van der Waals surface area contributed by atoms with Gasteiger partial charge in [0, 0.05) is 32.7 Å². The van der Waals surface area contributed by atoms with Gasteiger partial charge in [0.2, 0.25) is 10.0 Å². The molecule has 2 saturated heterocycles. The molecule has 0 aromatic heterocycles. The van der Waals surface area contributed by atoms with Crippen molar-refractivity contribution in [2.45, 2.75) is 37.5 Å². The third kappa shape index (κ3) is 5.20. The van der Waals surface area contributed by atoms with E-state index in [4.69, 9.17) is 0 Å². The minimum absolute atomic E-state index is 0. The highest BCUT2D eigenvalue weighted by molar-refractivity contribution is 7.89. The standard InChI is InChI=1S/C19H31N3O2S.ClH/c1-16(2)18-3-5-19(6-4-18)25(23,24)22-13-11-21(12-14-22)15-17-7-9-20-10-8-17;/h3-6,16-17,20H,7-15H2,1-2H3;1H. The van der Waals surface area contributed by atoms with Gasteiger partial charge in [-0.15, -0.1) is 12.4 Å². The second kappa shape index (κ2) is 9.51. The van der Waals surface area contributed by atoms with Gasteiger partial charge in [0.25, 0.3) is 0 Å². The van der Waals surface area contributed by atoms with Crippen LogP contribution in [0, 0.1) is 5.92 Å². The van der Waals surface area contributed by atoms with Crippen molar-refractivity contribution in [3.05, 3.63) is 29.8 Å². The van der Waals surface area contributed by atoms with Crippen LogP contribution in [0.1, 0.15) is 38.2 Å². The lowest BCUT2D eigenvalue weighted by atomic mass is 9.97. The first-order chi connectivity index (χ1) is 12.0. The van der Waals surface area contributed by atoms with Gasteiger partial charge >= 0.3 is 0 Å². The SMILES string of the molecule is CC(C)c1ccc(S(=O)(=O)N2CCN(CC3CCNCC3)CC2)cc1.Cl. The Bertz CT molecular complexity index is 650. The Kier molecular flexibility index (Phi) is 7.91. The van der Waals surface area contributed by atoms with Crippen molar-refractivity contribution in [1.29, 1.82) is 0 Å². The quantitative estimate of drug-likeness (QED) is 0.823. The summed E-state index contributed by atoms with van der Waals surface area (Å²) in [6, 6.07) is 7.38. The summed E-state index contributed by atoms with van der Waals surface area (Å²) in [5.74, 6) is 1.17. The number of piperidine rings is 1. The molecule has 2 aliphatic heterocycles. The van der Waals surface area contributed by atoms with Crippen molar-refractivity contribution in [2.24, 2.45) is 5.92 Å². The predicted molar refractivity (Wildman–Crippen MR) is 109 cm³/mol. The number of piperazine rings is 1. The van der Waals surface area contributed by atoms with E-state index in [1.54, 1.807) is 16.4 Å². The number of halogens is 1. The molecule has 2 heterocycles. The summed E-state index contributed by atoms with van der Waals surface area (Å²) in [6.07, 6.45) is 2.47. The van der Waals surface area contributed by atoms with Crippen molar-refractivity contribution < 1.29 is 8.42 Å². The second-order valence-corrected chi connectivity index (χ2v) is 9.56. The predicted octanol–water partition coefficient (Wildman–Crippen LogP) is 2.54. The van der Waals surface area contributed by atoms with Gasteiger partial charge in [-0.1, -0.05) is 26.0 Å². The average molecular weight is 402 g/mol. The Morgan fingerprint density at radius 1 is 1.04 bits per heavy atom. The molecular formula is C19H32ClN3O2S. The van der Waals surface area contributed by atoms with E-state index in [0.717, 1.165) is 38.6 Å². The largest absolute Gasteiger partial charge is 0.317 e. The number of hydrogen-bond donors (Lipinski definition) is 1. The zero-order valence-electron chi connectivity index (χ0n) is 15.9. The molecule has 148 valence electrons. The molecule has 1 N–H and O–H groups in total. The fraction of sp³-hybridized carbons (Fsp3) is 0.684. The highest BCUT2D eigenvalue weighted by atomic mass is 35.5. The molecule has 1 aromatic carbocycles. The van der Waals surface area contributed by atoms with Crippen LogP contribution in [-0.2, 0) is 10.0 Å². The van der Waals surface area contributed by atoms with E-state index in [-0.39, 0.29) is 12.4 Å². The van der Waals surface area contributed by atoms with E-state index in [2.05, 4.69) is 24.1 Å². The van der Waals surface area contributed by atoms with Gasteiger partial charge in [0.05, 0.1) is 4.90 Å². The lowest BCUT2D eigenvalue weighted by Crippen LogP contribution is -2.50. The zero-order valence-corrected chi connectivity index (χ0v) is 17.5. The first kappa shape index (κ1) is 21.6. The molecule has 0 aliphatic carbocycles. The lowest BCUT2D eigenvalue weighted by molar-refractivity contribution is 0.152. The fourth-order valence-electron chi connectivity index (χ4n) is 3.76. The molecule has 0 unspecified atom stereocenters. The van der Waals surface area contributed by atoms with E-state index in [1.807, 2.05) is 12.1 Å². The Hall–Kier alpha value is -0.660. The van der Waals surface area contributed by atoms with Gasteiger partial charge in [-0.05, 0) is 55.5 Å². The minimum atomic E-state index is -3.36. The summed E-state index contributed by atoms with van der Waals surface area (Å²) in [4.78, 5) is 2.85. The summed E-state index contributed by atoms with van der Waals surface area (Å²) in [5, 5.41) is 3.40. The number of benzene rings is 1. The molecule has 7 heteroatoms. The van der Waals surface area contributed by atoms with E-state index >= 15 is 0 Å². The highest BCUT2D eigenvalue weighted by Gasteiger charge is 2.29. The zero-order chi connectivity index (χ0) is 17.9. The van der Waals surface area contributed by atoms with E-state index in [9.17, 15) is 8.42 Å². The third-order valence-corrected chi connectivity index (χ3v) is 7.40. The van der Waals surface area contributed by atoms with Crippen molar-refractivity contribution in [3.8, 4) is 0 Å². The van der Waals surface area contributed by atoms with Crippen molar-refractivity contribution in [3.63, 3.8) is 0 Å². The molecule has 0 amide bonds. The van der Waals surface area contributed by atoms with Gasteiger partial charge in [0.1, 0.15) is 0 Å². The lowest BCUT2D eigenvalue weighted by Gasteiger charge is -2.36. The topological polar surface area (TPSA) is 52.7 Å². The number of nitrogens with one attached hydrogen (secondary N) is 1. The summed E-state index contributed by atoms with van der Waals surface area (Å²) in [6.45, 7) is 10.4. The molecule has 0 bridgehead atoms. The fourth-order valence-corrected chi connectivity index (χ4v) is 5.18. The molecular weight excluding hydrogens is 370 g/mol. The summed E-state index contributed by atoms with van der Waals surface area (Å²) < 4.78 is 27.4. The molecule has 0 spiro atoms. The van der Waals surface area contributed by atoms with Crippen molar-refractivity contribution in [1.82, 2.24) is 14.5 Å². The number of hydrogen-bond acceptors (Lipinski definition) is 4. The van der Waals surface area contributed by atoms with E-state index in [1.165, 1.54) is 18.4 Å². The van der Waals surface area contributed by atoms with Gasteiger partial charge in [-0.2, -0.15) is 4.31 Å². The smallest absolute Gasteiger partial charge is 0.243 e. The van der Waals surface area contributed by atoms with Crippen LogP contribution in [0.3, 0.4) is 0 Å². The van der Waals surface area contributed by atoms with Crippen LogP contribution in [0.5, 0.6) is 0 Å². The molecule has 0 radical (unpaired) electrons. The molecule has 0 atom stereocenters. The third-order valence-electron chi connectivity index (χ3n) is 5.49. The maximum absolute atomic E-state index is 12.9. The summed E-state index contributed by atoms with van der Waals surface area (Å²) >= 11 is 0. The minimum Gasteiger partial charge on any atom is -0.317 e. The molecule has 5 nitrogen and oxygen atoms in total. The molecule has 26 heavy (non-hydrogen) atoms. The normalized spacial score (nSPS) is 20.9. The first-order valence-corrected chi connectivity index (χ1v) is 10.9. The summed E-state index contributed by atoms with van der Waals surface area (Å²) in [5.41, 5.74) is 1.17. The van der Waals surface area contributed by atoms with Crippen molar-refractivity contribution >= 4 is 22.4 Å². The van der Waals surface area contributed by atoms with E-state index in [0.29, 0.717) is 23.9 Å². The highest BCUT2D eigenvalue weighted by Crippen LogP contribution is 2.22. The Morgan fingerprint density at radius 2 is 1.62 bits per heavy atom. The Balaban J connectivity index is 0.00000243. The first-order valence-electron chi connectivity index (χ1n) is 9.50. The van der Waals surface area contributed by atoms with Gasteiger partial charge < -0.3 is 10.2 Å². The maximum atomic E-state index is 12.9. The van der Waals surface area contributed by atoms with Crippen LogP contribution >= 0.6 is 12.4 Å². The van der Waals surface area contributed by atoms with Crippen LogP contribution in [-0.4, -0.2) is 63.4 Å². The molecule has 2 aliphatic rings. The molecule has 1 aromatic rings. The molecule has 0 saturated carbocycles. The van der Waals surface area contributed by atoms with Gasteiger partial charge in [-0.3, -0.25) is 0 Å². The number of nitrogens with zero attached hydrogens (tertiary/aromatic N) is 2. The van der Waals surface area contributed by atoms with Crippen LogP contribution in [0.2, 0.25) is 0 Å². The maximum Gasteiger partial charge on any atom is 0.243 e. The van der Waals surface area contributed by atoms with E-state index < -0.39 is 10.0 Å². The second-order valence-electron chi connectivity index (χ2n) is 7.62. The Morgan fingerprint density at radius 3 is 2.15 bits per heavy atom. The van der Waals surface area contributed by atoms with Gasteiger partial charge in [-0.25, -0.2) is 8.42 Å². The van der Waals surface area contributed by atoms with Crippen LogP contribution in [0.4, 0.5) is 0 Å². The molecule has 2 fully saturated rings. The van der Waals surface area contributed by atoms with Crippen LogP contribution in [0.15, 0.2) is 29.2 Å². The number of rotatable bonds is 5. The average Bonchev–Trinajstić information content (AvgIpc) is 2.63. The van der Waals surface area contributed by atoms with Gasteiger partial charge in [0.15, 0.2) is 0 Å². The van der Waals surface area contributed by atoms with Crippen LogP contribution < -0.4 is 5.32 Å². The molecule has 3 rings (SSSR count). The van der Waals surface area contributed by atoms with Crippen molar-refractivity contribution in [2.75, 3.05) is 45.8 Å².